The minimum absolute atomic E-state index is 0.0739. The van der Waals surface area contributed by atoms with Gasteiger partial charge in [-0.05, 0) is 48.7 Å². The molecule has 0 spiro atoms. The molecule has 1 nitrogen and oxygen atoms in total. The summed E-state index contributed by atoms with van der Waals surface area (Å²) in [5, 5.41) is 3.54. The van der Waals surface area contributed by atoms with Gasteiger partial charge in [0.1, 0.15) is 5.82 Å². The summed E-state index contributed by atoms with van der Waals surface area (Å²) >= 11 is 3.67. The van der Waals surface area contributed by atoms with E-state index in [0.717, 1.165) is 23.0 Å². The molecule has 0 aliphatic heterocycles. The molecule has 2 rings (SSSR count). The first-order valence-electron chi connectivity index (χ1n) is 6.87. The van der Waals surface area contributed by atoms with Crippen LogP contribution in [0.15, 0.2) is 46.9 Å². The number of halogens is 2. The summed E-state index contributed by atoms with van der Waals surface area (Å²) < 4.78 is 14.2. The van der Waals surface area contributed by atoms with Gasteiger partial charge in [0.25, 0.3) is 0 Å². The van der Waals surface area contributed by atoms with Crippen molar-refractivity contribution in [3.05, 3.63) is 69.4 Å². The fourth-order valence-corrected chi connectivity index (χ4v) is 2.74. The number of rotatable bonds is 5. The maximum absolute atomic E-state index is 13.1. The Bertz CT molecular complexity index is 566. The highest BCUT2D eigenvalue weighted by atomic mass is 79.9. The highest BCUT2D eigenvalue weighted by molar-refractivity contribution is 9.10. The summed E-state index contributed by atoms with van der Waals surface area (Å²) in [6, 6.07) is 13.0. The molecule has 2 aromatic rings. The minimum atomic E-state index is -0.203. The summed E-state index contributed by atoms with van der Waals surface area (Å²) in [7, 11) is 0. The van der Waals surface area contributed by atoms with Gasteiger partial charge in [0.2, 0.25) is 0 Å². The molecular weight excluding hydrogens is 317 g/mol. The molecule has 0 aromatic heterocycles. The van der Waals surface area contributed by atoms with E-state index < -0.39 is 0 Å². The van der Waals surface area contributed by atoms with Crippen LogP contribution in [0.3, 0.4) is 0 Å². The Morgan fingerprint density at radius 1 is 1.15 bits per heavy atom. The Labute approximate surface area is 128 Å². The van der Waals surface area contributed by atoms with E-state index in [1.54, 1.807) is 0 Å². The van der Waals surface area contributed by atoms with E-state index in [2.05, 4.69) is 53.3 Å². The van der Waals surface area contributed by atoms with Crippen LogP contribution in [-0.2, 0) is 0 Å². The molecule has 2 aromatic carbocycles. The van der Waals surface area contributed by atoms with Gasteiger partial charge in [-0.3, -0.25) is 0 Å². The smallest absolute Gasteiger partial charge is 0.123 e. The quantitative estimate of drug-likeness (QED) is 0.811. The molecule has 0 saturated carbocycles. The Morgan fingerprint density at radius 2 is 1.85 bits per heavy atom. The molecule has 1 atom stereocenters. The lowest BCUT2D eigenvalue weighted by Crippen LogP contribution is -2.23. The summed E-state index contributed by atoms with van der Waals surface area (Å²) in [5.41, 5.74) is 3.46. The predicted octanol–water partition coefficient (Wildman–Crippen LogP) is 4.99. The van der Waals surface area contributed by atoms with Crippen LogP contribution in [0.2, 0.25) is 0 Å². The zero-order chi connectivity index (χ0) is 14.5. The van der Waals surface area contributed by atoms with Crippen molar-refractivity contribution < 1.29 is 4.39 Å². The molecule has 0 radical (unpaired) electrons. The third-order valence-corrected chi connectivity index (χ3v) is 4.42. The SMILES string of the molecule is CCCNC(c1ccc(F)cc1)c1cccc(C)c1Br. The maximum Gasteiger partial charge on any atom is 0.123 e. The zero-order valence-electron chi connectivity index (χ0n) is 11.8. The van der Waals surface area contributed by atoms with E-state index in [1.807, 2.05) is 12.1 Å². The molecule has 0 aliphatic rings. The lowest BCUT2D eigenvalue weighted by atomic mass is 9.97. The van der Waals surface area contributed by atoms with Crippen LogP contribution in [0.1, 0.15) is 36.1 Å². The first kappa shape index (κ1) is 15.2. The first-order chi connectivity index (χ1) is 9.63. The van der Waals surface area contributed by atoms with Crippen LogP contribution in [-0.4, -0.2) is 6.54 Å². The third kappa shape index (κ3) is 3.47. The largest absolute Gasteiger partial charge is 0.306 e. The van der Waals surface area contributed by atoms with E-state index in [1.165, 1.54) is 23.3 Å². The van der Waals surface area contributed by atoms with Crippen molar-refractivity contribution in [1.82, 2.24) is 5.32 Å². The van der Waals surface area contributed by atoms with Crippen LogP contribution >= 0.6 is 15.9 Å². The van der Waals surface area contributed by atoms with Crippen LogP contribution in [0.25, 0.3) is 0 Å². The van der Waals surface area contributed by atoms with Crippen LogP contribution < -0.4 is 5.32 Å². The van der Waals surface area contributed by atoms with Crippen LogP contribution in [0.5, 0.6) is 0 Å². The number of benzene rings is 2. The Hall–Kier alpha value is -1.19. The second-order valence-electron chi connectivity index (χ2n) is 4.92. The molecule has 0 fully saturated rings. The van der Waals surface area contributed by atoms with Gasteiger partial charge in [0, 0.05) is 4.47 Å². The molecular formula is C17H19BrFN. The van der Waals surface area contributed by atoms with E-state index in [9.17, 15) is 4.39 Å². The normalized spacial score (nSPS) is 12.4. The summed E-state index contributed by atoms with van der Waals surface area (Å²) in [6.07, 6.45) is 1.06. The van der Waals surface area contributed by atoms with Gasteiger partial charge in [-0.15, -0.1) is 0 Å². The summed E-state index contributed by atoms with van der Waals surface area (Å²) in [5.74, 6) is -0.203. The Kier molecular flexibility index (Phi) is 5.32. The van der Waals surface area contributed by atoms with E-state index >= 15 is 0 Å². The highest BCUT2D eigenvalue weighted by Crippen LogP contribution is 2.31. The fourth-order valence-electron chi connectivity index (χ4n) is 2.24. The topological polar surface area (TPSA) is 12.0 Å². The Balaban J connectivity index is 2.41. The van der Waals surface area contributed by atoms with Gasteiger partial charge >= 0.3 is 0 Å². The van der Waals surface area contributed by atoms with Crippen molar-refractivity contribution in [3.63, 3.8) is 0 Å². The van der Waals surface area contributed by atoms with Gasteiger partial charge in [-0.2, -0.15) is 0 Å². The van der Waals surface area contributed by atoms with Gasteiger partial charge in [0.15, 0.2) is 0 Å². The molecule has 0 amide bonds. The second-order valence-corrected chi connectivity index (χ2v) is 5.71. The number of nitrogens with one attached hydrogen (secondary N) is 1. The second kappa shape index (κ2) is 7.00. The van der Waals surface area contributed by atoms with Crippen molar-refractivity contribution in [2.24, 2.45) is 0 Å². The monoisotopic (exact) mass is 335 g/mol. The molecule has 0 aliphatic carbocycles. The molecule has 106 valence electrons. The molecule has 0 saturated heterocycles. The fraction of sp³-hybridized carbons (Fsp3) is 0.294. The molecule has 3 heteroatoms. The minimum Gasteiger partial charge on any atom is -0.306 e. The lowest BCUT2D eigenvalue weighted by Gasteiger charge is -2.21. The summed E-state index contributed by atoms with van der Waals surface area (Å²) in [4.78, 5) is 0. The van der Waals surface area contributed by atoms with Crippen molar-refractivity contribution >= 4 is 15.9 Å². The van der Waals surface area contributed by atoms with E-state index in [0.29, 0.717) is 0 Å². The van der Waals surface area contributed by atoms with Crippen LogP contribution in [0, 0.1) is 12.7 Å². The average molecular weight is 336 g/mol. The van der Waals surface area contributed by atoms with Gasteiger partial charge in [0.05, 0.1) is 6.04 Å². The highest BCUT2D eigenvalue weighted by Gasteiger charge is 2.16. The molecule has 1 unspecified atom stereocenters. The number of hydrogen-bond donors (Lipinski definition) is 1. The zero-order valence-corrected chi connectivity index (χ0v) is 13.4. The number of hydrogen-bond acceptors (Lipinski definition) is 1. The van der Waals surface area contributed by atoms with Crippen molar-refractivity contribution in [1.29, 1.82) is 0 Å². The Morgan fingerprint density at radius 3 is 2.50 bits per heavy atom. The van der Waals surface area contributed by atoms with E-state index in [-0.39, 0.29) is 11.9 Å². The maximum atomic E-state index is 13.1. The van der Waals surface area contributed by atoms with E-state index in [4.69, 9.17) is 0 Å². The standard InChI is InChI=1S/C17H19BrFN/c1-3-11-20-17(13-7-9-14(19)10-8-13)15-6-4-5-12(2)16(15)18/h4-10,17,20H,3,11H2,1-2H3. The summed E-state index contributed by atoms with van der Waals surface area (Å²) in [6.45, 7) is 5.14. The molecule has 20 heavy (non-hydrogen) atoms. The molecule has 1 N–H and O–H groups in total. The van der Waals surface area contributed by atoms with Crippen molar-refractivity contribution in [2.75, 3.05) is 6.54 Å². The lowest BCUT2D eigenvalue weighted by molar-refractivity contribution is 0.591. The number of aryl methyl sites for hydroxylation is 1. The average Bonchev–Trinajstić information content (AvgIpc) is 2.45. The van der Waals surface area contributed by atoms with Gasteiger partial charge in [-0.25, -0.2) is 4.39 Å². The predicted molar refractivity (Wildman–Crippen MR) is 85.4 cm³/mol. The van der Waals surface area contributed by atoms with Crippen molar-refractivity contribution in [3.8, 4) is 0 Å². The van der Waals surface area contributed by atoms with Gasteiger partial charge in [-0.1, -0.05) is 53.2 Å². The molecule has 0 heterocycles. The molecule has 0 bridgehead atoms. The van der Waals surface area contributed by atoms with Gasteiger partial charge < -0.3 is 5.32 Å². The third-order valence-electron chi connectivity index (χ3n) is 3.33. The van der Waals surface area contributed by atoms with Crippen LogP contribution in [0.4, 0.5) is 4.39 Å². The first-order valence-corrected chi connectivity index (χ1v) is 7.66. The van der Waals surface area contributed by atoms with Crippen molar-refractivity contribution in [2.45, 2.75) is 26.3 Å².